The van der Waals surface area contributed by atoms with Crippen molar-refractivity contribution in [3.8, 4) is 34.3 Å². The Hall–Kier alpha value is -3.98. The van der Waals surface area contributed by atoms with Gasteiger partial charge in [-0.3, -0.25) is 0 Å². The number of thiazole rings is 1. The van der Waals surface area contributed by atoms with Crippen LogP contribution in [0.3, 0.4) is 0 Å². The Morgan fingerprint density at radius 1 is 0.971 bits per heavy atom. The summed E-state index contributed by atoms with van der Waals surface area (Å²) in [5, 5.41) is 18.1. The maximum absolute atomic E-state index is 9.98. The number of hydrogen-bond donors (Lipinski definition) is 0. The van der Waals surface area contributed by atoms with E-state index >= 15 is 0 Å². The number of aryl methyl sites for hydroxylation is 1. The standard InChI is InChI=1S/C28H19ClN4S/c1-19-7-9-20(10-8-19)26-18-34-28(31-26)22(16-30)15-23-17-33(25-5-3-2-4-6-25)32-27(23)21-11-13-24(29)14-12-21/h2-15,17-18H,1H3/b22-15+. The molecule has 0 saturated heterocycles. The van der Waals surface area contributed by atoms with Crippen LogP contribution in [0.2, 0.25) is 5.02 Å². The van der Waals surface area contributed by atoms with E-state index in [1.807, 2.05) is 89.1 Å². The average Bonchev–Trinajstić information content (AvgIpc) is 3.52. The molecule has 34 heavy (non-hydrogen) atoms. The molecule has 0 spiro atoms. The predicted octanol–water partition coefficient (Wildman–Crippen LogP) is 7.69. The molecule has 6 heteroatoms. The molecule has 0 amide bonds. The number of para-hydroxylation sites is 1. The van der Waals surface area contributed by atoms with E-state index in [4.69, 9.17) is 21.7 Å². The monoisotopic (exact) mass is 478 g/mol. The fourth-order valence-corrected chi connectivity index (χ4v) is 4.51. The smallest absolute Gasteiger partial charge is 0.134 e. The second-order valence-corrected chi connectivity index (χ2v) is 9.09. The number of hydrogen-bond acceptors (Lipinski definition) is 4. The highest BCUT2D eigenvalue weighted by atomic mass is 35.5. The van der Waals surface area contributed by atoms with Crippen LogP contribution in [0.25, 0.3) is 39.9 Å². The first kappa shape index (κ1) is 21.8. The Labute approximate surface area is 207 Å². The summed E-state index contributed by atoms with van der Waals surface area (Å²) in [6.45, 7) is 2.06. The molecule has 0 radical (unpaired) electrons. The van der Waals surface area contributed by atoms with Crippen LogP contribution in [0.1, 0.15) is 16.1 Å². The first-order chi connectivity index (χ1) is 16.6. The van der Waals surface area contributed by atoms with E-state index in [9.17, 15) is 5.26 Å². The van der Waals surface area contributed by atoms with Crippen molar-refractivity contribution in [2.24, 2.45) is 0 Å². The molecule has 5 rings (SSSR count). The van der Waals surface area contributed by atoms with Gasteiger partial charge in [0.05, 0.1) is 22.6 Å². The molecule has 4 nitrogen and oxygen atoms in total. The average molecular weight is 479 g/mol. The summed E-state index contributed by atoms with van der Waals surface area (Å²) >= 11 is 7.56. The Kier molecular flexibility index (Phi) is 6.09. The lowest BCUT2D eigenvalue weighted by Crippen LogP contribution is -1.93. The second-order valence-electron chi connectivity index (χ2n) is 7.79. The summed E-state index contributed by atoms with van der Waals surface area (Å²) in [5.41, 5.74) is 7.03. The van der Waals surface area contributed by atoms with Crippen LogP contribution in [0, 0.1) is 18.3 Å². The molecular weight excluding hydrogens is 460 g/mol. The van der Waals surface area contributed by atoms with E-state index in [1.165, 1.54) is 16.9 Å². The fraction of sp³-hybridized carbons (Fsp3) is 0.0357. The van der Waals surface area contributed by atoms with Crippen LogP contribution >= 0.6 is 22.9 Å². The lowest BCUT2D eigenvalue weighted by molar-refractivity contribution is 0.884. The SMILES string of the molecule is Cc1ccc(-c2csc(/C(C#N)=C/c3cn(-c4ccccc4)nc3-c3ccc(Cl)cc3)n2)cc1. The third-order valence-electron chi connectivity index (χ3n) is 5.38. The zero-order valence-corrected chi connectivity index (χ0v) is 19.9. The molecule has 2 aromatic heterocycles. The van der Waals surface area contributed by atoms with Crippen molar-refractivity contribution >= 4 is 34.6 Å². The summed E-state index contributed by atoms with van der Waals surface area (Å²) in [6.07, 6.45) is 3.79. The third-order valence-corrected chi connectivity index (χ3v) is 6.51. The lowest BCUT2D eigenvalue weighted by atomic mass is 10.1. The van der Waals surface area contributed by atoms with Gasteiger partial charge in [0.1, 0.15) is 11.1 Å². The van der Waals surface area contributed by atoms with E-state index < -0.39 is 0 Å². The molecule has 164 valence electrons. The minimum atomic E-state index is 0.492. The van der Waals surface area contributed by atoms with Gasteiger partial charge in [0.25, 0.3) is 0 Å². The van der Waals surface area contributed by atoms with Crippen LogP contribution in [-0.2, 0) is 0 Å². The Balaban J connectivity index is 1.58. The van der Waals surface area contributed by atoms with Gasteiger partial charge in [0.2, 0.25) is 0 Å². The highest BCUT2D eigenvalue weighted by Crippen LogP contribution is 2.31. The third kappa shape index (κ3) is 4.55. The van der Waals surface area contributed by atoms with Crippen LogP contribution in [0.4, 0.5) is 0 Å². The van der Waals surface area contributed by atoms with Gasteiger partial charge < -0.3 is 0 Å². The summed E-state index contributed by atoms with van der Waals surface area (Å²) in [6, 6.07) is 28.0. The summed E-state index contributed by atoms with van der Waals surface area (Å²) in [5.74, 6) is 0. The molecule has 0 unspecified atom stereocenters. The normalized spacial score (nSPS) is 11.4. The molecule has 0 aliphatic heterocycles. The van der Waals surface area contributed by atoms with Crippen LogP contribution < -0.4 is 0 Å². The maximum Gasteiger partial charge on any atom is 0.134 e. The van der Waals surface area contributed by atoms with Gasteiger partial charge in [-0.2, -0.15) is 10.4 Å². The minimum Gasteiger partial charge on any atom is -0.240 e. The van der Waals surface area contributed by atoms with Gasteiger partial charge in [-0.05, 0) is 37.3 Å². The second kappa shape index (κ2) is 9.48. The van der Waals surface area contributed by atoms with Crippen molar-refractivity contribution < 1.29 is 0 Å². The van der Waals surface area contributed by atoms with Gasteiger partial charge in [-0.15, -0.1) is 11.3 Å². The molecule has 0 aliphatic carbocycles. The van der Waals surface area contributed by atoms with Crippen LogP contribution in [0.15, 0.2) is 90.4 Å². The highest BCUT2D eigenvalue weighted by Gasteiger charge is 2.15. The Morgan fingerprint density at radius 2 is 1.68 bits per heavy atom. The molecule has 5 aromatic rings. The molecule has 0 N–H and O–H groups in total. The first-order valence-electron chi connectivity index (χ1n) is 10.7. The summed E-state index contributed by atoms with van der Waals surface area (Å²) in [4.78, 5) is 4.74. The number of benzene rings is 3. The van der Waals surface area contributed by atoms with Gasteiger partial charge in [0.15, 0.2) is 0 Å². The van der Waals surface area contributed by atoms with Crippen LogP contribution in [-0.4, -0.2) is 14.8 Å². The van der Waals surface area contributed by atoms with Crippen molar-refractivity contribution in [1.29, 1.82) is 5.26 Å². The van der Waals surface area contributed by atoms with E-state index in [1.54, 1.807) is 0 Å². The molecule has 0 bridgehead atoms. The molecule has 0 aliphatic rings. The van der Waals surface area contributed by atoms with Crippen LogP contribution in [0.5, 0.6) is 0 Å². The highest BCUT2D eigenvalue weighted by molar-refractivity contribution is 7.11. The summed E-state index contributed by atoms with van der Waals surface area (Å²) < 4.78 is 1.82. The number of halogens is 1. The zero-order valence-electron chi connectivity index (χ0n) is 18.3. The quantitative estimate of drug-likeness (QED) is 0.243. The zero-order chi connectivity index (χ0) is 23.5. The number of allylic oxidation sites excluding steroid dienone is 1. The molecule has 0 fully saturated rings. The largest absolute Gasteiger partial charge is 0.240 e. The summed E-state index contributed by atoms with van der Waals surface area (Å²) in [7, 11) is 0. The predicted molar refractivity (Wildman–Crippen MR) is 140 cm³/mol. The van der Waals surface area contributed by atoms with E-state index in [-0.39, 0.29) is 0 Å². The maximum atomic E-state index is 9.98. The molecule has 2 heterocycles. The van der Waals surface area contributed by atoms with Gasteiger partial charge >= 0.3 is 0 Å². The lowest BCUT2D eigenvalue weighted by Gasteiger charge is -2.01. The van der Waals surface area contributed by atoms with Crippen molar-refractivity contribution in [2.45, 2.75) is 6.92 Å². The van der Waals surface area contributed by atoms with E-state index in [0.717, 1.165) is 33.8 Å². The molecule has 3 aromatic carbocycles. The Bertz CT molecular complexity index is 1510. The van der Waals surface area contributed by atoms with E-state index in [0.29, 0.717) is 15.6 Å². The Morgan fingerprint density at radius 3 is 2.38 bits per heavy atom. The number of aromatic nitrogens is 3. The van der Waals surface area contributed by atoms with Crippen molar-refractivity contribution in [3.05, 3.63) is 112 Å². The number of rotatable bonds is 5. The number of nitrogens with zero attached hydrogens (tertiary/aromatic N) is 4. The van der Waals surface area contributed by atoms with E-state index in [2.05, 4.69) is 25.1 Å². The molecule has 0 saturated carbocycles. The van der Waals surface area contributed by atoms with Gasteiger partial charge in [-0.25, -0.2) is 9.67 Å². The van der Waals surface area contributed by atoms with Gasteiger partial charge in [0, 0.05) is 33.3 Å². The van der Waals surface area contributed by atoms with Crippen molar-refractivity contribution in [2.75, 3.05) is 0 Å². The van der Waals surface area contributed by atoms with Gasteiger partial charge in [-0.1, -0.05) is 71.8 Å². The number of nitriles is 1. The van der Waals surface area contributed by atoms with Crippen molar-refractivity contribution in [3.63, 3.8) is 0 Å². The first-order valence-corrected chi connectivity index (χ1v) is 11.9. The van der Waals surface area contributed by atoms with Crippen molar-refractivity contribution in [1.82, 2.24) is 14.8 Å². The fourth-order valence-electron chi connectivity index (χ4n) is 3.59. The molecule has 0 atom stereocenters. The minimum absolute atomic E-state index is 0.492. The topological polar surface area (TPSA) is 54.5 Å². The molecular formula is C28H19ClN4S.